The van der Waals surface area contributed by atoms with Crippen molar-refractivity contribution in [2.45, 2.75) is 44.1 Å². The highest BCUT2D eigenvalue weighted by Crippen LogP contribution is 2.37. The number of nitriles is 1. The number of rotatable bonds is 1. The third-order valence-corrected chi connectivity index (χ3v) is 4.36. The Morgan fingerprint density at radius 2 is 1.45 bits per heavy atom. The summed E-state index contributed by atoms with van der Waals surface area (Å²) >= 11 is 0. The van der Waals surface area contributed by atoms with Gasteiger partial charge in [-0.1, -0.05) is 37.8 Å². The Kier molecular flexibility index (Phi) is 3.06. The highest BCUT2D eigenvalue weighted by atomic mass is 16.2. The van der Waals surface area contributed by atoms with E-state index in [2.05, 4.69) is 6.07 Å². The van der Waals surface area contributed by atoms with Gasteiger partial charge in [0, 0.05) is 0 Å². The summed E-state index contributed by atoms with van der Waals surface area (Å²) in [6.45, 7) is 0. The SMILES string of the molecule is N#CC1(N2C(=O)c3ccccc3C2=O)CCCCCC1. The predicted molar refractivity (Wildman–Crippen MR) is 73.0 cm³/mol. The van der Waals surface area contributed by atoms with Crippen molar-refractivity contribution in [3.05, 3.63) is 35.4 Å². The Balaban J connectivity index is 2.05. The van der Waals surface area contributed by atoms with E-state index in [1.54, 1.807) is 24.3 Å². The zero-order chi connectivity index (χ0) is 14.2. The highest BCUT2D eigenvalue weighted by Gasteiger charge is 2.49. The van der Waals surface area contributed by atoms with Crippen molar-refractivity contribution >= 4 is 11.8 Å². The second-order valence-electron chi connectivity index (χ2n) is 5.55. The van der Waals surface area contributed by atoms with E-state index >= 15 is 0 Å². The van der Waals surface area contributed by atoms with Gasteiger partial charge in [0.2, 0.25) is 0 Å². The van der Waals surface area contributed by atoms with Gasteiger partial charge in [0.15, 0.2) is 0 Å². The number of carbonyl (C=O) groups is 2. The molecule has 0 N–H and O–H groups in total. The summed E-state index contributed by atoms with van der Waals surface area (Å²) in [5.74, 6) is -0.622. The van der Waals surface area contributed by atoms with Crippen molar-refractivity contribution in [3.8, 4) is 6.07 Å². The minimum Gasteiger partial charge on any atom is -0.269 e. The van der Waals surface area contributed by atoms with Crippen LogP contribution in [0.1, 0.15) is 59.2 Å². The Morgan fingerprint density at radius 3 is 1.90 bits per heavy atom. The van der Waals surface area contributed by atoms with E-state index in [1.165, 1.54) is 4.90 Å². The summed E-state index contributed by atoms with van der Waals surface area (Å²) in [5, 5.41) is 9.65. The van der Waals surface area contributed by atoms with Crippen LogP contribution in [0.3, 0.4) is 0 Å². The van der Waals surface area contributed by atoms with Crippen LogP contribution in [0.5, 0.6) is 0 Å². The lowest BCUT2D eigenvalue weighted by Gasteiger charge is -2.33. The lowest BCUT2D eigenvalue weighted by Crippen LogP contribution is -2.50. The van der Waals surface area contributed by atoms with Gasteiger partial charge in [0.05, 0.1) is 17.2 Å². The van der Waals surface area contributed by atoms with Crippen LogP contribution in [0.4, 0.5) is 0 Å². The van der Waals surface area contributed by atoms with Crippen LogP contribution in [0.25, 0.3) is 0 Å². The molecule has 1 aromatic carbocycles. The fraction of sp³-hybridized carbons (Fsp3) is 0.438. The molecule has 0 saturated heterocycles. The lowest BCUT2D eigenvalue weighted by atomic mass is 9.89. The number of nitrogens with zero attached hydrogens (tertiary/aromatic N) is 2. The molecule has 1 heterocycles. The van der Waals surface area contributed by atoms with Gasteiger partial charge >= 0.3 is 0 Å². The molecule has 3 rings (SSSR count). The van der Waals surface area contributed by atoms with Gasteiger partial charge < -0.3 is 0 Å². The minimum atomic E-state index is -0.955. The fourth-order valence-corrected chi connectivity index (χ4v) is 3.28. The molecule has 1 aromatic rings. The molecule has 20 heavy (non-hydrogen) atoms. The molecule has 1 aliphatic carbocycles. The molecule has 1 saturated carbocycles. The maximum atomic E-state index is 12.5. The summed E-state index contributed by atoms with van der Waals surface area (Å²) in [5.41, 5.74) is -0.100. The lowest BCUT2D eigenvalue weighted by molar-refractivity contribution is 0.0484. The molecule has 4 heteroatoms. The third-order valence-electron chi connectivity index (χ3n) is 4.36. The van der Waals surface area contributed by atoms with Crippen LogP contribution in [0.2, 0.25) is 0 Å². The van der Waals surface area contributed by atoms with Gasteiger partial charge in [0.25, 0.3) is 11.8 Å². The quantitative estimate of drug-likeness (QED) is 0.581. The molecular weight excluding hydrogens is 252 g/mol. The molecule has 1 aliphatic heterocycles. The maximum Gasteiger partial charge on any atom is 0.262 e. The van der Waals surface area contributed by atoms with E-state index in [-0.39, 0.29) is 11.8 Å². The van der Waals surface area contributed by atoms with Crippen molar-refractivity contribution in [2.75, 3.05) is 0 Å². The third kappa shape index (κ3) is 1.74. The molecule has 4 nitrogen and oxygen atoms in total. The Hall–Kier alpha value is -2.15. The second kappa shape index (κ2) is 4.75. The molecule has 0 atom stereocenters. The van der Waals surface area contributed by atoms with Crippen molar-refractivity contribution in [3.63, 3.8) is 0 Å². The molecule has 0 unspecified atom stereocenters. The fourth-order valence-electron chi connectivity index (χ4n) is 3.28. The number of fused-ring (bicyclic) bond motifs is 1. The summed E-state index contributed by atoms with van der Waals surface area (Å²) in [7, 11) is 0. The van der Waals surface area contributed by atoms with Gasteiger partial charge in [-0.2, -0.15) is 5.26 Å². The van der Waals surface area contributed by atoms with E-state index < -0.39 is 5.54 Å². The Bertz CT molecular complexity index is 572. The first-order valence-electron chi connectivity index (χ1n) is 7.09. The summed E-state index contributed by atoms with van der Waals surface area (Å²) in [6.07, 6.45) is 5.09. The van der Waals surface area contributed by atoms with Crippen LogP contribution in [-0.4, -0.2) is 22.3 Å². The topological polar surface area (TPSA) is 61.2 Å². The van der Waals surface area contributed by atoms with E-state index in [1.807, 2.05) is 0 Å². The molecular formula is C16H16N2O2. The van der Waals surface area contributed by atoms with Crippen LogP contribution in [-0.2, 0) is 0 Å². The number of imide groups is 1. The predicted octanol–water partition coefficient (Wildman–Crippen LogP) is 2.90. The van der Waals surface area contributed by atoms with Gasteiger partial charge in [-0.25, -0.2) is 0 Å². The zero-order valence-electron chi connectivity index (χ0n) is 11.3. The van der Waals surface area contributed by atoms with Crippen molar-refractivity contribution in [1.29, 1.82) is 5.26 Å². The van der Waals surface area contributed by atoms with Gasteiger partial charge in [-0.15, -0.1) is 0 Å². The van der Waals surface area contributed by atoms with E-state index in [0.29, 0.717) is 24.0 Å². The zero-order valence-corrected chi connectivity index (χ0v) is 11.3. The first-order chi connectivity index (χ1) is 9.69. The van der Waals surface area contributed by atoms with E-state index in [4.69, 9.17) is 0 Å². The number of hydrogen-bond acceptors (Lipinski definition) is 3. The van der Waals surface area contributed by atoms with Crippen LogP contribution in [0.15, 0.2) is 24.3 Å². The monoisotopic (exact) mass is 268 g/mol. The molecule has 0 radical (unpaired) electrons. The first kappa shape index (κ1) is 12.9. The maximum absolute atomic E-state index is 12.5. The van der Waals surface area contributed by atoms with Gasteiger partial charge in [0.1, 0.15) is 5.54 Å². The number of benzene rings is 1. The normalized spacial score (nSPS) is 21.2. The second-order valence-corrected chi connectivity index (χ2v) is 5.55. The van der Waals surface area contributed by atoms with Crippen molar-refractivity contribution in [2.24, 2.45) is 0 Å². The van der Waals surface area contributed by atoms with Crippen LogP contribution >= 0.6 is 0 Å². The summed E-state index contributed by atoms with van der Waals surface area (Å²) in [4.78, 5) is 26.3. The Labute approximate surface area is 118 Å². The minimum absolute atomic E-state index is 0.311. The molecule has 1 fully saturated rings. The van der Waals surface area contributed by atoms with Crippen LogP contribution in [0, 0.1) is 11.3 Å². The Morgan fingerprint density at radius 1 is 0.950 bits per heavy atom. The molecule has 102 valence electrons. The number of hydrogen-bond donors (Lipinski definition) is 0. The first-order valence-corrected chi connectivity index (χ1v) is 7.09. The van der Waals surface area contributed by atoms with E-state index in [0.717, 1.165) is 25.7 Å². The largest absolute Gasteiger partial charge is 0.269 e. The van der Waals surface area contributed by atoms with Gasteiger partial charge in [-0.05, 0) is 25.0 Å². The smallest absolute Gasteiger partial charge is 0.262 e. The number of amides is 2. The van der Waals surface area contributed by atoms with Crippen LogP contribution < -0.4 is 0 Å². The van der Waals surface area contributed by atoms with E-state index in [9.17, 15) is 14.9 Å². The molecule has 0 aromatic heterocycles. The number of carbonyl (C=O) groups excluding carboxylic acids is 2. The summed E-state index contributed by atoms with van der Waals surface area (Å²) in [6, 6.07) is 9.11. The van der Waals surface area contributed by atoms with Gasteiger partial charge in [-0.3, -0.25) is 14.5 Å². The van der Waals surface area contributed by atoms with Crippen molar-refractivity contribution in [1.82, 2.24) is 4.90 Å². The standard InChI is InChI=1S/C16H16N2O2/c17-11-16(9-5-1-2-6-10-16)18-14(19)12-7-3-4-8-13(12)15(18)20/h3-4,7-8H,1-2,5-6,9-10H2. The average Bonchev–Trinajstić information content (AvgIpc) is 2.66. The highest BCUT2D eigenvalue weighted by molar-refractivity contribution is 6.22. The average molecular weight is 268 g/mol. The molecule has 2 aliphatic rings. The van der Waals surface area contributed by atoms with Crippen molar-refractivity contribution < 1.29 is 9.59 Å². The summed E-state index contributed by atoms with van der Waals surface area (Å²) < 4.78 is 0. The molecule has 0 spiro atoms. The molecule has 2 amide bonds. The molecule has 0 bridgehead atoms.